The van der Waals surface area contributed by atoms with Crippen LogP contribution in [0.2, 0.25) is 0 Å². The van der Waals surface area contributed by atoms with Gasteiger partial charge in [0.15, 0.2) is 11.6 Å². The van der Waals surface area contributed by atoms with E-state index >= 15 is 19.2 Å². The average molecular weight is 1040 g/mol. The maximum Gasteiger partial charge on any atom is 0.334 e. The Hall–Kier alpha value is -7.13. The van der Waals surface area contributed by atoms with Gasteiger partial charge in [0.2, 0.25) is 10.8 Å². The van der Waals surface area contributed by atoms with Crippen LogP contribution in [-0.4, -0.2) is 41.2 Å². The van der Waals surface area contributed by atoms with Gasteiger partial charge >= 0.3 is 23.9 Å². The van der Waals surface area contributed by atoms with Gasteiger partial charge in [-0.15, -0.1) is 34.0 Å². The van der Waals surface area contributed by atoms with Crippen molar-refractivity contribution in [1.29, 1.82) is 0 Å². The van der Waals surface area contributed by atoms with Crippen molar-refractivity contribution in [2.24, 2.45) is 34.1 Å². The first-order valence-corrected chi connectivity index (χ1v) is 27.5. The molecule has 0 bridgehead atoms. The molecule has 0 radical (unpaired) electrons. The first kappa shape index (κ1) is 47.8. The number of fused-ring (bicyclic) bond motifs is 8. The van der Waals surface area contributed by atoms with E-state index in [1.54, 1.807) is 108 Å². The van der Waals surface area contributed by atoms with Gasteiger partial charge < -0.3 is 18.9 Å². The number of carbonyl (C=O) groups is 6. The average Bonchev–Trinajstić information content (AvgIpc) is 4.39. The van der Waals surface area contributed by atoms with E-state index in [0.717, 1.165) is 44.7 Å². The Morgan fingerprint density at radius 1 is 0.554 bits per heavy atom. The van der Waals surface area contributed by atoms with E-state index in [-0.39, 0.29) is 59.4 Å². The number of ketones is 2. The van der Waals surface area contributed by atoms with Gasteiger partial charge in [0.25, 0.3) is 0 Å². The van der Waals surface area contributed by atoms with E-state index in [4.69, 9.17) is 23.9 Å². The summed E-state index contributed by atoms with van der Waals surface area (Å²) in [6.45, 7) is 0.918. The van der Waals surface area contributed by atoms with E-state index < -0.39 is 58.1 Å². The zero-order chi connectivity index (χ0) is 50.7. The number of hydrogen-bond acceptors (Lipinski definition) is 14. The van der Waals surface area contributed by atoms with Gasteiger partial charge in [-0.1, -0.05) is 147 Å². The summed E-state index contributed by atoms with van der Waals surface area (Å²) in [5.74, 6) is -5.84. The lowest BCUT2D eigenvalue weighted by Crippen LogP contribution is -2.46. The van der Waals surface area contributed by atoms with Crippen molar-refractivity contribution < 1.29 is 47.7 Å². The van der Waals surface area contributed by atoms with Gasteiger partial charge in [-0.25, -0.2) is 4.99 Å². The minimum absolute atomic E-state index is 0.0764. The third kappa shape index (κ3) is 7.83. The third-order valence-corrected chi connectivity index (χ3v) is 19.4. The Morgan fingerprint density at radius 3 is 1.43 bits per heavy atom. The van der Waals surface area contributed by atoms with Crippen molar-refractivity contribution in [3.8, 4) is 0 Å². The number of rotatable bonds is 13. The number of nitrogens with zero attached hydrogens (tertiary/aromatic N) is 1. The summed E-state index contributed by atoms with van der Waals surface area (Å²) in [7, 11) is 0. The summed E-state index contributed by atoms with van der Waals surface area (Å²) in [5, 5.41) is 0. The molecule has 0 spiro atoms. The molecule has 4 atom stereocenters. The van der Waals surface area contributed by atoms with Crippen LogP contribution in [0.25, 0.3) is 24.4 Å². The number of Topliss-reactive ketones (excluding diaryl/α,β-unsaturated/α-hetero) is 2. The largest absolute Gasteiger partial charge is 0.459 e. The van der Waals surface area contributed by atoms with E-state index in [0.29, 0.717) is 51.6 Å². The molecule has 12 rings (SSSR count). The predicted octanol–water partition coefficient (Wildman–Crippen LogP) is 11.8. The monoisotopic (exact) mass is 1040 g/mol. The Balaban J connectivity index is 1.11. The highest BCUT2D eigenvalue weighted by molar-refractivity contribution is 7.39. The van der Waals surface area contributed by atoms with Gasteiger partial charge in [0, 0.05) is 37.4 Å². The molecule has 3 heterocycles. The highest BCUT2D eigenvalue weighted by Gasteiger charge is 2.71. The van der Waals surface area contributed by atoms with E-state index in [9.17, 15) is 9.59 Å². The molecule has 5 aliphatic rings. The minimum Gasteiger partial charge on any atom is -0.459 e. The number of allylic oxidation sites excluding steroid dienone is 1. The molecule has 4 aromatic carbocycles. The predicted molar refractivity (Wildman–Crippen MR) is 283 cm³/mol. The van der Waals surface area contributed by atoms with Gasteiger partial charge in [-0.05, 0) is 71.6 Å². The number of benzene rings is 4. The lowest BCUT2D eigenvalue weighted by atomic mass is 9.64. The van der Waals surface area contributed by atoms with Crippen LogP contribution >= 0.6 is 34.0 Å². The lowest BCUT2D eigenvalue weighted by molar-refractivity contribution is -0.167. The topological polar surface area (TPSA) is 152 Å². The molecule has 0 amide bonds. The van der Waals surface area contributed by atoms with Crippen LogP contribution in [-0.2, 0) is 79.6 Å². The van der Waals surface area contributed by atoms with Crippen LogP contribution in [0.1, 0.15) is 76.1 Å². The van der Waals surface area contributed by atoms with Crippen molar-refractivity contribution in [3.63, 3.8) is 0 Å². The summed E-state index contributed by atoms with van der Waals surface area (Å²) >= 11 is 4.17. The zero-order valence-electron chi connectivity index (χ0n) is 40.3. The van der Waals surface area contributed by atoms with Crippen LogP contribution in [0, 0.1) is 36.0 Å². The molecule has 0 saturated heterocycles. The quantitative estimate of drug-likeness (QED) is 0.0620. The number of ether oxygens (including phenoxy) is 4. The molecular weight excluding hydrogens is 991 g/mol. The van der Waals surface area contributed by atoms with Crippen molar-refractivity contribution in [2.75, 3.05) is 0 Å². The molecule has 372 valence electrons. The zero-order valence-corrected chi connectivity index (χ0v) is 42.8. The van der Waals surface area contributed by atoms with Gasteiger partial charge in [-0.2, -0.15) is 0 Å². The molecule has 0 N–H and O–H groups in total. The Bertz CT molecular complexity index is 3370. The van der Waals surface area contributed by atoms with E-state index in [1.807, 2.05) is 37.3 Å². The van der Waals surface area contributed by atoms with Gasteiger partial charge in [0.1, 0.15) is 32.1 Å². The Morgan fingerprint density at radius 2 is 0.986 bits per heavy atom. The van der Waals surface area contributed by atoms with Gasteiger partial charge in [0.05, 0.1) is 19.8 Å². The SMILES string of the molecule is Cc1cc2sc3c4c(sc3c2s1)C1=C(C=C(N=C2C(=O)C3CC5CCCCC5CC3C2=O)C1(C(=O)OCc1ccccc1)C(=O)OCc1ccccc1)C4(C(=O)OCc1ccccc1)C(=O)OCc1ccccc1. The number of carbonyl (C=O) groups excluding carboxylic acids is 6. The van der Waals surface area contributed by atoms with Crippen molar-refractivity contribution in [2.45, 2.75) is 77.3 Å². The van der Waals surface area contributed by atoms with Crippen molar-refractivity contribution >= 4 is 99.5 Å². The fourth-order valence-electron chi connectivity index (χ4n) is 12.0. The molecule has 3 saturated carbocycles. The van der Waals surface area contributed by atoms with E-state index in [1.165, 1.54) is 28.7 Å². The fourth-order valence-corrected chi connectivity index (χ4v) is 16.4. The van der Waals surface area contributed by atoms with Crippen LogP contribution in [0.5, 0.6) is 0 Å². The second-order valence-electron chi connectivity index (χ2n) is 19.9. The molecule has 3 aromatic heterocycles. The molecule has 7 aromatic rings. The van der Waals surface area contributed by atoms with Crippen LogP contribution in [0.15, 0.2) is 150 Å². The first-order valence-electron chi connectivity index (χ1n) is 25.0. The smallest absolute Gasteiger partial charge is 0.334 e. The molecule has 5 aliphatic carbocycles. The first-order chi connectivity index (χ1) is 36.1. The standard InChI is InChI=1S/C60H49NO10S3/c1-34-26-44-51(72-34)54-53(73-44)47-52(74-54)46-43(59(47,55(64)68-30-35-16-6-2-7-17-35)56(65)69-31-36-18-8-3-9-19-36)29-45(61-48-49(62)41-27-39-24-14-15-25-40(39)28-42(41)50(48)63)60(46,57(66)70-32-37-20-10-4-11-21-37)58(67)71-33-38-22-12-5-13-23-38/h2-13,16-23,26,29,39-42H,14-15,24-25,27-28,30-33H2,1H3. The molecular formula is C60H49NO10S3. The number of aryl methyl sites for hydroxylation is 1. The number of thiophene rings is 3. The molecule has 3 fully saturated rings. The summed E-state index contributed by atoms with van der Waals surface area (Å²) in [6.07, 6.45) is 6.53. The van der Waals surface area contributed by atoms with Crippen LogP contribution in [0.4, 0.5) is 0 Å². The summed E-state index contributed by atoms with van der Waals surface area (Å²) < 4.78 is 28.2. The highest BCUT2D eigenvalue weighted by Crippen LogP contribution is 2.67. The van der Waals surface area contributed by atoms with Crippen LogP contribution in [0.3, 0.4) is 0 Å². The third-order valence-electron chi connectivity index (χ3n) is 15.5. The highest BCUT2D eigenvalue weighted by atomic mass is 32.1. The second-order valence-corrected chi connectivity index (χ2v) is 23.2. The fraction of sp³-hybridized carbons (Fsp3) is 0.283. The lowest BCUT2D eigenvalue weighted by Gasteiger charge is -2.39. The summed E-state index contributed by atoms with van der Waals surface area (Å²) in [6, 6.07) is 38.0. The normalized spacial score (nSPS) is 21.1. The number of hydrogen-bond donors (Lipinski definition) is 0. The van der Waals surface area contributed by atoms with E-state index in [2.05, 4.69) is 0 Å². The van der Waals surface area contributed by atoms with Crippen molar-refractivity contribution in [1.82, 2.24) is 0 Å². The molecule has 4 unspecified atom stereocenters. The molecule has 11 nitrogen and oxygen atoms in total. The minimum atomic E-state index is -2.71. The summed E-state index contributed by atoms with van der Waals surface area (Å²) in [5.41, 5.74) is -3.46. The maximum atomic E-state index is 16.0. The molecule has 14 heteroatoms. The summed E-state index contributed by atoms with van der Waals surface area (Å²) in [4.78, 5) is 99.8. The maximum absolute atomic E-state index is 16.0. The molecule has 74 heavy (non-hydrogen) atoms. The Kier molecular flexibility index (Phi) is 12.5. The Labute approximate surface area is 438 Å². The molecule has 0 aliphatic heterocycles. The van der Waals surface area contributed by atoms with Crippen molar-refractivity contribution in [3.05, 3.63) is 182 Å². The van der Waals surface area contributed by atoms with Gasteiger partial charge in [-0.3, -0.25) is 28.8 Å². The second kappa shape index (κ2) is 19.3. The number of esters is 4. The number of aliphatic imine (C=N–C) groups is 1. The van der Waals surface area contributed by atoms with Crippen LogP contribution < -0.4 is 0 Å².